The van der Waals surface area contributed by atoms with Gasteiger partial charge in [-0.2, -0.15) is 0 Å². The molecule has 10 heteroatoms. The molecule has 0 radical (unpaired) electrons. The van der Waals surface area contributed by atoms with Crippen molar-refractivity contribution < 1.29 is 14.2 Å². The lowest BCUT2D eigenvalue weighted by Gasteiger charge is -2.15. The van der Waals surface area contributed by atoms with Crippen LogP contribution in [0.4, 0.5) is 11.6 Å². The van der Waals surface area contributed by atoms with E-state index in [1.54, 1.807) is 56.7 Å². The largest absolute Gasteiger partial charge is 0.493 e. The highest BCUT2D eigenvalue weighted by molar-refractivity contribution is 7.97. The molecule has 0 spiro atoms. The summed E-state index contributed by atoms with van der Waals surface area (Å²) >= 11 is 7.36. The van der Waals surface area contributed by atoms with Crippen molar-refractivity contribution in [2.75, 3.05) is 25.8 Å². The third-order valence-electron chi connectivity index (χ3n) is 4.10. The number of nitrogens with zero attached hydrogens (tertiary/aromatic N) is 3. The highest BCUT2D eigenvalue weighted by Crippen LogP contribution is 2.30. The summed E-state index contributed by atoms with van der Waals surface area (Å²) in [4.78, 5) is 12.9. The average molecular weight is 449 g/mol. The van der Waals surface area contributed by atoms with Gasteiger partial charge in [0.25, 0.3) is 5.56 Å². The highest BCUT2D eigenvalue weighted by atomic mass is 35.5. The SMILES string of the molecule is COc1ccc(Nc2nnc(COc3ccc(Cl)cc3)c(=O)n2CSC)cc1OC. The van der Waals surface area contributed by atoms with Crippen LogP contribution < -0.4 is 25.1 Å². The van der Waals surface area contributed by atoms with Crippen LogP contribution in [0.5, 0.6) is 17.2 Å². The van der Waals surface area contributed by atoms with Gasteiger partial charge in [-0.15, -0.1) is 22.0 Å². The molecule has 0 unspecified atom stereocenters. The van der Waals surface area contributed by atoms with Gasteiger partial charge in [0.05, 0.1) is 20.1 Å². The Hall–Kier alpha value is -2.91. The Balaban J connectivity index is 1.84. The first-order chi connectivity index (χ1) is 14.5. The molecule has 0 bridgehead atoms. The third kappa shape index (κ3) is 5.17. The summed E-state index contributed by atoms with van der Waals surface area (Å²) in [6.07, 6.45) is 1.90. The smallest absolute Gasteiger partial charge is 0.281 e. The Morgan fingerprint density at radius 2 is 1.80 bits per heavy atom. The van der Waals surface area contributed by atoms with Crippen molar-refractivity contribution in [2.45, 2.75) is 12.5 Å². The van der Waals surface area contributed by atoms with Crippen molar-refractivity contribution in [3.63, 3.8) is 0 Å². The molecule has 0 atom stereocenters. The molecule has 0 aliphatic heterocycles. The van der Waals surface area contributed by atoms with Gasteiger partial charge in [-0.05, 0) is 42.7 Å². The van der Waals surface area contributed by atoms with Crippen LogP contribution in [0.3, 0.4) is 0 Å². The van der Waals surface area contributed by atoms with E-state index < -0.39 is 0 Å². The molecule has 1 heterocycles. The number of thioether (sulfide) groups is 1. The summed E-state index contributed by atoms with van der Waals surface area (Å²) in [5, 5.41) is 12.0. The third-order valence-corrected chi connectivity index (χ3v) is 4.87. The lowest BCUT2D eigenvalue weighted by molar-refractivity contribution is 0.296. The molecule has 0 aliphatic rings. The standard InChI is InChI=1S/C20H21ClN4O4S/c1-27-17-9-6-14(10-18(17)28-2)22-20-24-23-16(19(26)25(20)12-30-3)11-29-15-7-4-13(21)5-8-15/h4-10H,11-12H2,1-3H3,(H,22,24). The van der Waals surface area contributed by atoms with E-state index in [9.17, 15) is 4.79 Å². The molecule has 8 nitrogen and oxygen atoms in total. The van der Waals surface area contributed by atoms with Gasteiger partial charge in [0, 0.05) is 16.8 Å². The Labute approximate surface area is 183 Å². The lowest BCUT2D eigenvalue weighted by atomic mass is 10.3. The Morgan fingerprint density at radius 1 is 1.07 bits per heavy atom. The number of nitrogens with one attached hydrogen (secondary N) is 1. The molecule has 3 aromatic rings. The summed E-state index contributed by atoms with van der Waals surface area (Å²) < 4.78 is 17.7. The predicted octanol–water partition coefficient (Wildman–Crippen LogP) is 3.95. The summed E-state index contributed by atoms with van der Waals surface area (Å²) in [5.41, 5.74) is 0.606. The van der Waals surface area contributed by atoms with E-state index >= 15 is 0 Å². The minimum absolute atomic E-state index is 0.00150. The Kier molecular flexibility index (Phi) is 7.42. The quantitative estimate of drug-likeness (QED) is 0.526. The van der Waals surface area contributed by atoms with Crippen molar-refractivity contribution in [3.8, 4) is 17.2 Å². The van der Waals surface area contributed by atoms with Gasteiger partial charge in [-0.25, -0.2) is 0 Å². The maximum atomic E-state index is 12.9. The fourth-order valence-corrected chi connectivity index (χ4v) is 3.24. The number of benzene rings is 2. The molecule has 158 valence electrons. The van der Waals surface area contributed by atoms with Crippen LogP contribution in [0.15, 0.2) is 47.3 Å². The molecular formula is C20H21ClN4O4S. The minimum Gasteiger partial charge on any atom is -0.493 e. The van der Waals surface area contributed by atoms with Crippen LogP contribution in [0.2, 0.25) is 5.02 Å². The second-order valence-electron chi connectivity index (χ2n) is 6.06. The van der Waals surface area contributed by atoms with Gasteiger partial charge < -0.3 is 19.5 Å². The fraction of sp³-hybridized carbons (Fsp3) is 0.250. The van der Waals surface area contributed by atoms with Crippen LogP contribution in [-0.4, -0.2) is 35.2 Å². The number of anilines is 2. The number of aromatic nitrogens is 3. The minimum atomic E-state index is -0.281. The summed E-state index contributed by atoms with van der Waals surface area (Å²) in [7, 11) is 3.12. The molecule has 30 heavy (non-hydrogen) atoms. The maximum Gasteiger partial charge on any atom is 0.281 e. The molecule has 0 fully saturated rings. The van der Waals surface area contributed by atoms with Crippen molar-refractivity contribution in [2.24, 2.45) is 0 Å². The average Bonchev–Trinajstić information content (AvgIpc) is 2.76. The summed E-state index contributed by atoms with van der Waals surface area (Å²) in [6, 6.07) is 12.2. The molecule has 1 aromatic heterocycles. The van der Waals surface area contributed by atoms with Crippen LogP contribution in [0, 0.1) is 0 Å². The molecule has 3 rings (SSSR count). The normalized spacial score (nSPS) is 10.5. The first-order valence-corrected chi connectivity index (χ1v) is 10.7. The van der Waals surface area contributed by atoms with Crippen molar-refractivity contribution in [1.82, 2.24) is 14.8 Å². The number of hydrogen-bond acceptors (Lipinski definition) is 8. The monoisotopic (exact) mass is 448 g/mol. The van der Waals surface area contributed by atoms with E-state index in [-0.39, 0.29) is 17.9 Å². The van der Waals surface area contributed by atoms with Gasteiger partial charge in [-0.3, -0.25) is 9.36 Å². The van der Waals surface area contributed by atoms with Crippen molar-refractivity contribution in [1.29, 1.82) is 0 Å². The lowest BCUT2D eigenvalue weighted by Crippen LogP contribution is -2.29. The van der Waals surface area contributed by atoms with E-state index in [4.69, 9.17) is 25.8 Å². The molecule has 0 aliphatic carbocycles. The van der Waals surface area contributed by atoms with E-state index in [0.29, 0.717) is 39.8 Å². The summed E-state index contributed by atoms with van der Waals surface area (Å²) in [6.45, 7) is -0.00150. The van der Waals surface area contributed by atoms with Crippen LogP contribution in [0.1, 0.15) is 5.69 Å². The van der Waals surface area contributed by atoms with E-state index in [0.717, 1.165) is 0 Å². The number of hydrogen-bond donors (Lipinski definition) is 1. The molecule has 0 saturated carbocycles. The zero-order chi connectivity index (χ0) is 21.5. The Bertz CT molecular complexity index is 1060. The van der Waals surface area contributed by atoms with E-state index in [1.807, 2.05) is 6.26 Å². The van der Waals surface area contributed by atoms with Gasteiger partial charge >= 0.3 is 0 Å². The number of ether oxygens (including phenoxy) is 3. The van der Waals surface area contributed by atoms with Gasteiger partial charge in [0.1, 0.15) is 12.4 Å². The summed E-state index contributed by atoms with van der Waals surface area (Å²) in [5.74, 6) is 2.46. The van der Waals surface area contributed by atoms with Crippen LogP contribution >= 0.6 is 23.4 Å². The van der Waals surface area contributed by atoms with Crippen LogP contribution in [0.25, 0.3) is 0 Å². The molecule has 0 saturated heterocycles. The first kappa shape index (κ1) is 21.8. The predicted molar refractivity (Wildman–Crippen MR) is 118 cm³/mol. The number of methoxy groups -OCH3 is 2. The van der Waals surface area contributed by atoms with Crippen molar-refractivity contribution in [3.05, 3.63) is 63.5 Å². The van der Waals surface area contributed by atoms with E-state index in [2.05, 4.69) is 15.5 Å². The number of halogens is 1. The number of rotatable bonds is 9. The van der Waals surface area contributed by atoms with Gasteiger partial charge in [-0.1, -0.05) is 11.6 Å². The fourth-order valence-electron chi connectivity index (χ4n) is 2.61. The molecule has 2 aromatic carbocycles. The highest BCUT2D eigenvalue weighted by Gasteiger charge is 2.14. The van der Waals surface area contributed by atoms with Gasteiger partial charge in [0.2, 0.25) is 5.95 Å². The van der Waals surface area contributed by atoms with E-state index in [1.165, 1.54) is 16.3 Å². The maximum absolute atomic E-state index is 12.9. The molecule has 0 amide bonds. The molecule has 1 N–H and O–H groups in total. The van der Waals surface area contributed by atoms with Gasteiger partial charge in [0.15, 0.2) is 17.2 Å². The topological polar surface area (TPSA) is 87.5 Å². The second-order valence-corrected chi connectivity index (χ2v) is 7.33. The van der Waals surface area contributed by atoms with Crippen molar-refractivity contribution >= 4 is 35.0 Å². The molecular weight excluding hydrogens is 428 g/mol. The first-order valence-electron chi connectivity index (χ1n) is 8.88. The second kappa shape index (κ2) is 10.2. The zero-order valence-electron chi connectivity index (χ0n) is 16.7. The zero-order valence-corrected chi connectivity index (χ0v) is 18.3. The Morgan fingerprint density at radius 3 is 2.47 bits per heavy atom. The van der Waals surface area contributed by atoms with Crippen LogP contribution in [-0.2, 0) is 12.5 Å².